The first-order valence-electron chi connectivity index (χ1n) is 7.81. The predicted molar refractivity (Wildman–Crippen MR) is 100 cm³/mol. The Hall–Kier alpha value is -3.26. The third-order valence-electron chi connectivity index (χ3n) is 3.81. The van der Waals surface area contributed by atoms with Gasteiger partial charge in [0.1, 0.15) is 0 Å². The number of imidazole rings is 1. The van der Waals surface area contributed by atoms with Gasteiger partial charge in [0.2, 0.25) is 10.0 Å². The first-order chi connectivity index (χ1) is 12.5. The lowest BCUT2D eigenvalue weighted by Crippen LogP contribution is -2.09. The average molecular weight is 365 g/mol. The van der Waals surface area contributed by atoms with Crippen LogP contribution in [0.1, 0.15) is 0 Å². The van der Waals surface area contributed by atoms with Crippen molar-refractivity contribution < 1.29 is 8.42 Å². The number of nitrogens with zero attached hydrogens (tertiary/aromatic N) is 4. The third kappa shape index (κ3) is 3.27. The largest absolute Gasteiger partial charge is 0.296 e. The maximum atomic E-state index is 11.4. The maximum absolute atomic E-state index is 11.4. The molecule has 7 nitrogen and oxygen atoms in total. The molecule has 0 spiro atoms. The first kappa shape index (κ1) is 16.2. The number of fused-ring (bicyclic) bond motifs is 1. The SMILES string of the molecule is CS(=O)(=O)Nc1cccc(-c2cn3c(-c4cccnc4)cnc3cn2)c1. The van der Waals surface area contributed by atoms with Gasteiger partial charge in [-0.15, -0.1) is 0 Å². The van der Waals surface area contributed by atoms with Crippen molar-refractivity contribution in [2.45, 2.75) is 0 Å². The molecule has 130 valence electrons. The lowest BCUT2D eigenvalue weighted by molar-refractivity contribution is 0.607. The fourth-order valence-corrected chi connectivity index (χ4v) is 3.28. The van der Waals surface area contributed by atoms with Crippen LogP contribution in [-0.4, -0.2) is 34.0 Å². The second-order valence-corrected chi connectivity index (χ2v) is 7.59. The van der Waals surface area contributed by atoms with E-state index in [9.17, 15) is 8.42 Å². The van der Waals surface area contributed by atoms with Gasteiger partial charge in [0.05, 0.1) is 30.0 Å². The van der Waals surface area contributed by atoms with Gasteiger partial charge in [-0.05, 0) is 24.3 Å². The van der Waals surface area contributed by atoms with Crippen molar-refractivity contribution in [3.63, 3.8) is 0 Å². The Kier molecular flexibility index (Phi) is 3.89. The maximum Gasteiger partial charge on any atom is 0.229 e. The van der Waals surface area contributed by atoms with Crippen LogP contribution in [0.2, 0.25) is 0 Å². The molecule has 8 heteroatoms. The minimum absolute atomic E-state index is 0.491. The van der Waals surface area contributed by atoms with Crippen molar-refractivity contribution in [3.8, 4) is 22.5 Å². The number of hydrogen-bond acceptors (Lipinski definition) is 5. The van der Waals surface area contributed by atoms with Crippen molar-refractivity contribution in [2.24, 2.45) is 0 Å². The zero-order valence-electron chi connectivity index (χ0n) is 13.9. The molecule has 26 heavy (non-hydrogen) atoms. The van der Waals surface area contributed by atoms with Crippen LogP contribution in [0.4, 0.5) is 5.69 Å². The van der Waals surface area contributed by atoms with Gasteiger partial charge in [-0.1, -0.05) is 12.1 Å². The van der Waals surface area contributed by atoms with Gasteiger partial charge in [-0.3, -0.25) is 19.1 Å². The molecule has 1 N–H and O–H groups in total. The second-order valence-electron chi connectivity index (χ2n) is 5.84. The van der Waals surface area contributed by atoms with Crippen molar-refractivity contribution in [2.75, 3.05) is 11.0 Å². The van der Waals surface area contributed by atoms with Gasteiger partial charge in [-0.2, -0.15) is 0 Å². The molecule has 0 bridgehead atoms. The van der Waals surface area contributed by atoms with Crippen LogP contribution < -0.4 is 4.72 Å². The molecule has 4 aromatic rings. The highest BCUT2D eigenvalue weighted by Gasteiger charge is 2.09. The van der Waals surface area contributed by atoms with Crippen LogP contribution in [0.15, 0.2) is 67.4 Å². The van der Waals surface area contributed by atoms with E-state index in [4.69, 9.17) is 0 Å². The van der Waals surface area contributed by atoms with E-state index in [0.717, 1.165) is 28.7 Å². The highest BCUT2D eigenvalue weighted by Crippen LogP contribution is 2.25. The van der Waals surface area contributed by atoms with E-state index < -0.39 is 10.0 Å². The van der Waals surface area contributed by atoms with Crippen LogP contribution in [0, 0.1) is 0 Å². The minimum atomic E-state index is -3.34. The van der Waals surface area contributed by atoms with E-state index in [-0.39, 0.29) is 0 Å². The van der Waals surface area contributed by atoms with Gasteiger partial charge < -0.3 is 0 Å². The Morgan fingerprint density at radius 2 is 1.85 bits per heavy atom. The molecule has 0 unspecified atom stereocenters. The fraction of sp³-hybridized carbons (Fsp3) is 0.0556. The highest BCUT2D eigenvalue weighted by molar-refractivity contribution is 7.92. The molecule has 0 amide bonds. The summed E-state index contributed by atoms with van der Waals surface area (Å²) in [6.45, 7) is 0. The van der Waals surface area contributed by atoms with E-state index in [2.05, 4.69) is 19.7 Å². The van der Waals surface area contributed by atoms with Gasteiger partial charge in [0.25, 0.3) is 0 Å². The smallest absolute Gasteiger partial charge is 0.229 e. The standard InChI is InChI=1S/C18H15N5O2S/c1-26(24,25)22-15-6-2-4-13(8-15)16-12-23-17(10-21-18(23)11-20-16)14-5-3-7-19-9-14/h2-12,22H,1H3. The predicted octanol–water partition coefficient (Wildman–Crippen LogP) is 2.83. The van der Waals surface area contributed by atoms with E-state index >= 15 is 0 Å². The number of benzene rings is 1. The summed E-state index contributed by atoms with van der Waals surface area (Å²) in [6.07, 6.45) is 9.96. The summed E-state index contributed by atoms with van der Waals surface area (Å²) < 4.78 is 27.3. The fourth-order valence-electron chi connectivity index (χ4n) is 2.72. The summed E-state index contributed by atoms with van der Waals surface area (Å²) in [5.74, 6) is 0. The van der Waals surface area contributed by atoms with Gasteiger partial charge in [0, 0.05) is 35.4 Å². The number of pyridine rings is 1. The van der Waals surface area contributed by atoms with Crippen LogP contribution in [0.25, 0.3) is 28.2 Å². The average Bonchev–Trinajstić information content (AvgIpc) is 3.04. The summed E-state index contributed by atoms with van der Waals surface area (Å²) in [4.78, 5) is 13.0. The van der Waals surface area contributed by atoms with E-state index in [0.29, 0.717) is 11.4 Å². The molecule has 1 aromatic carbocycles. The molecule has 0 atom stereocenters. The van der Waals surface area contributed by atoms with E-state index in [1.54, 1.807) is 43.0 Å². The topological polar surface area (TPSA) is 89.2 Å². The molecular weight excluding hydrogens is 350 g/mol. The second kappa shape index (κ2) is 6.23. The number of aromatic nitrogens is 4. The third-order valence-corrected chi connectivity index (χ3v) is 4.42. The van der Waals surface area contributed by atoms with Crippen molar-refractivity contribution in [3.05, 3.63) is 67.4 Å². The van der Waals surface area contributed by atoms with Crippen molar-refractivity contribution in [1.29, 1.82) is 0 Å². The van der Waals surface area contributed by atoms with Gasteiger partial charge in [0.15, 0.2) is 5.65 Å². The number of sulfonamides is 1. The molecule has 0 saturated carbocycles. The molecule has 4 rings (SSSR count). The quantitative estimate of drug-likeness (QED) is 0.601. The molecule has 3 heterocycles. The molecule has 0 aliphatic rings. The number of rotatable bonds is 4. The van der Waals surface area contributed by atoms with E-state index in [1.165, 1.54) is 0 Å². The Morgan fingerprint density at radius 1 is 1.00 bits per heavy atom. The van der Waals surface area contributed by atoms with Crippen molar-refractivity contribution >= 4 is 21.4 Å². The van der Waals surface area contributed by atoms with E-state index in [1.807, 2.05) is 28.8 Å². The summed E-state index contributed by atoms with van der Waals surface area (Å²) in [5, 5.41) is 0. The lowest BCUT2D eigenvalue weighted by atomic mass is 10.1. The number of anilines is 1. The summed E-state index contributed by atoms with van der Waals surface area (Å²) in [5.41, 5.74) is 4.57. The van der Waals surface area contributed by atoms with Crippen LogP contribution >= 0.6 is 0 Å². The summed E-state index contributed by atoms with van der Waals surface area (Å²) in [6, 6.07) is 10.9. The Balaban J connectivity index is 1.80. The molecule has 0 saturated heterocycles. The minimum Gasteiger partial charge on any atom is -0.296 e. The molecule has 0 radical (unpaired) electrons. The molecule has 3 aromatic heterocycles. The zero-order valence-corrected chi connectivity index (χ0v) is 14.7. The first-order valence-corrected chi connectivity index (χ1v) is 9.70. The van der Waals surface area contributed by atoms with Crippen LogP contribution in [0.5, 0.6) is 0 Å². The summed E-state index contributed by atoms with van der Waals surface area (Å²) in [7, 11) is -3.34. The molecule has 0 aliphatic carbocycles. The molecule has 0 fully saturated rings. The van der Waals surface area contributed by atoms with Crippen molar-refractivity contribution in [1.82, 2.24) is 19.4 Å². The Morgan fingerprint density at radius 3 is 2.62 bits per heavy atom. The van der Waals surface area contributed by atoms with Crippen LogP contribution in [0.3, 0.4) is 0 Å². The Bertz CT molecular complexity index is 1190. The highest BCUT2D eigenvalue weighted by atomic mass is 32.2. The normalized spacial score (nSPS) is 11.6. The van der Waals surface area contributed by atoms with Gasteiger partial charge >= 0.3 is 0 Å². The Labute approximate surface area is 150 Å². The lowest BCUT2D eigenvalue weighted by Gasteiger charge is -2.08. The number of nitrogens with one attached hydrogen (secondary N) is 1. The number of hydrogen-bond donors (Lipinski definition) is 1. The monoisotopic (exact) mass is 365 g/mol. The van der Waals surface area contributed by atoms with Gasteiger partial charge in [-0.25, -0.2) is 13.4 Å². The zero-order chi connectivity index (χ0) is 18.1. The molecule has 0 aliphatic heterocycles. The summed E-state index contributed by atoms with van der Waals surface area (Å²) >= 11 is 0. The van der Waals surface area contributed by atoms with Crippen LogP contribution in [-0.2, 0) is 10.0 Å². The molecular formula is C18H15N5O2S.